The van der Waals surface area contributed by atoms with Crippen LogP contribution in [0.4, 0.5) is 4.39 Å². The molecule has 5 aromatic rings. The first kappa shape index (κ1) is 17.4. The first-order valence-corrected chi connectivity index (χ1v) is 9.62. The van der Waals surface area contributed by atoms with Crippen molar-refractivity contribution in [2.75, 3.05) is 0 Å². The molecule has 0 fully saturated rings. The van der Waals surface area contributed by atoms with Gasteiger partial charge in [0.05, 0.1) is 18.4 Å². The first-order valence-electron chi connectivity index (χ1n) is 8.80. The lowest BCUT2D eigenvalue weighted by Gasteiger charge is -2.00. The van der Waals surface area contributed by atoms with Gasteiger partial charge in [0.15, 0.2) is 5.82 Å². The van der Waals surface area contributed by atoms with Gasteiger partial charge in [0.1, 0.15) is 10.5 Å². The highest BCUT2D eigenvalue weighted by atomic mass is 32.1. The Bertz CT molecular complexity index is 1360. The molecule has 6 nitrogen and oxygen atoms in total. The Hall–Kier alpha value is -3.65. The van der Waals surface area contributed by atoms with Crippen molar-refractivity contribution in [1.82, 2.24) is 19.7 Å². The van der Waals surface area contributed by atoms with Crippen molar-refractivity contribution in [3.8, 4) is 21.9 Å². The molecular formula is C21H13FN4O2S. The summed E-state index contributed by atoms with van der Waals surface area (Å²) in [4.78, 5) is 22.6. The summed E-state index contributed by atoms with van der Waals surface area (Å²) in [5, 5.41) is 3.92. The summed E-state index contributed by atoms with van der Waals surface area (Å²) < 4.78 is 20.3. The van der Waals surface area contributed by atoms with Crippen molar-refractivity contribution in [2.45, 2.75) is 6.54 Å². The molecule has 0 aliphatic rings. The summed E-state index contributed by atoms with van der Waals surface area (Å²) in [5.74, 6) is 0.266. The molecule has 0 saturated heterocycles. The van der Waals surface area contributed by atoms with E-state index in [0.29, 0.717) is 21.6 Å². The van der Waals surface area contributed by atoms with Gasteiger partial charge in [-0.3, -0.25) is 9.36 Å². The maximum atomic E-state index is 13.1. The highest BCUT2D eigenvalue weighted by molar-refractivity contribution is 7.22. The summed E-state index contributed by atoms with van der Waals surface area (Å²) in [6.45, 7) is 0.130. The predicted octanol–water partition coefficient (Wildman–Crippen LogP) is 4.36. The van der Waals surface area contributed by atoms with E-state index < -0.39 is 0 Å². The Labute approximate surface area is 167 Å². The Morgan fingerprint density at radius 2 is 1.83 bits per heavy atom. The van der Waals surface area contributed by atoms with Crippen LogP contribution in [-0.2, 0) is 6.54 Å². The Kier molecular flexibility index (Phi) is 4.25. The van der Waals surface area contributed by atoms with E-state index in [2.05, 4.69) is 15.1 Å². The van der Waals surface area contributed by atoms with Gasteiger partial charge in [-0.05, 0) is 35.9 Å². The molecule has 142 valence electrons. The quantitative estimate of drug-likeness (QED) is 0.445. The molecule has 0 aliphatic carbocycles. The van der Waals surface area contributed by atoms with E-state index in [1.165, 1.54) is 34.4 Å². The summed E-state index contributed by atoms with van der Waals surface area (Å²) >= 11 is 1.41. The number of aromatic nitrogens is 4. The number of hydrogen-bond acceptors (Lipinski definition) is 6. The van der Waals surface area contributed by atoms with Crippen LogP contribution >= 0.6 is 11.3 Å². The molecule has 0 amide bonds. The second-order valence-electron chi connectivity index (χ2n) is 6.39. The van der Waals surface area contributed by atoms with E-state index in [1.54, 1.807) is 12.1 Å². The molecule has 0 saturated carbocycles. The molecule has 0 bridgehead atoms. The van der Waals surface area contributed by atoms with Crippen molar-refractivity contribution < 1.29 is 8.91 Å². The van der Waals surface area contributed by atoms with Gasteiger partial charge < -0.3 is 4.52 Å². The first-order chi connectivity index (χ1) is 14.2. The fourth-order valence-corrected chi connectivity index (χ4v) is 4.05. The summed E-state index contributed by atoms with van der Waals surface area (Å²) in [6, 6.07) is 17.5. The van der Waals surface area contributed by atoms with E-state index in [9.17, 15) is 9.18 Å². The van der Waals surface area contributed by atoms with Crippen molar-refractivity contribution in [3.63, 3.8) is 0 Å². The molecular weight excluding hydrogens is 391 g/mol. The third kappa shape index (κ3) is 3.34. The highest BCUT2D eigenvalue weighted by Gasteiger charge is 2.14. The van der Waals surface area contributed by atoms with E-state index in [0.717, 1.165) is 10.4 Å². The van der Waals surface area contributed by atoms with Crippen LogP contribution in [0.3, 0.4) is 0 Å². The molecule has 0 unspecified atom stereocenters. The fraction of sp³-hybridized carbons (Fsp3) is 0.0476. The van der Waals surface area contributed by atoms with Gasteiger partial charge >= 0.3 is 0 Å². The molecule has 8 heteroatoms. The number of halogens is 1. The lowest BCUT2D eigenvalue weighted by Crippen LogP contribution is -2.20. The molecule has 0 radical (unpaired) electrons. The van der Waals surface area contributed by atoms with Crippen LogP contribution in [0.15, 0.2) is 76.3 Å². The van der Waals surface area contributed by atoms with Gasteiger partial charge in [0.25, 0.3) is 11.4 Å². The maximum absolute atomic E-state index is 13.1. The third-order valence-electron chi connectivity index (χ3n) is 4.43. The van der Waals surface area contributed by atoms with Crippen molar-refractivity contribution in [2.24, 2.45) is 0 Å². The molecule has 0 N–H and O–H groups in total. The van der Waals surface area contributed by atoms with Crippen LogP contribution in [0.1, 0.15) is 5.82 Å². The van der Waals surface area contributed by atoms with Gasteiger partial charge in [0.2, 0.25) is 0 Å². The molecule has 0 atom stereocenters. The number of nitrogens with zero attached hydrogens (tertiary/aromatic N) is 4. The molecule has 29 heavy (non-hydrogen) atoms. The highest BCUT2D eigenvalue weighted by Crippen LogP contribution is 2.30. The topological polar surface area (TPSA) is 73.8 Å². The summed E-state index contributed by atoms with van der Waals surface area (Å²) in [6.07, 6.45) is 1.49. The average Bonchev–Trinajstić information content (AvgIpc) is 3.39. The van der Waals surface area contributed by atoms with Gasteiger partial charge in [-0.1, -0.05) is 35.5 Å². The minimum absolute atomic E-state index is 0.130. The van der Waals surface area contributed by atoms with Crippen molar-refractivity contribution >= 4 is 21.6 Å². The number of hydrogen-bond donors (Lipinski definition) is 0. The van der Waals surface area contributed by atoms with Gasteiger partial charge in [0, 0.05) is 10.4 Å². The van der Waals surface area contributed by atoms with Crippen LogP contribution in [0.25, 0.3) is 32.1 Å². The number of thiophene rings is 1. The van der Waals surface area contributed by atoms with Crippen LogP contribution in [0, 0.1) is 5.82 Å². The standard InChI is InChI=1S/C21H13FN4O2S/c22-15-8-6-14(7-9-15)20-24-18(25-28-20)11-26-12-23-16-10-17(29-19(16)21(26)27)13-4-2-1-3-5-13/h1-10,12H,11H2. The monoisotopic (exact) mass is 404 g/mol. The molecule has 5 rings (SSSR count). The SMILES string of the molecule is O=c1c2sc(-c3ccccc3)cc2ncn1Cc1noc(-c2ccc(F)cc2)n1. The number of fused-ring (bicyclic) bond motifs is 1. The van der Waals surface area contributed by atoms with Gasteiger partial charge in [-0.2, -0.15) is 4.98 Å². The van der Waals surface area contributed by atoms with Crippen molar-refractivity contribution in [1.29, 1.82) is 0 Å². The van der Waals surface area contributed by atoms with Crippen LogP contribution < -0.4 is 5.56 Å². The Balaban J connectivity index is 1.46. The predicted molar refractivity (Wildman–Crippen MR) is 108 cm³/mol. The average molecular weight is 404 g/mol. The second kappa shape index (κ2) is 7.06. The zero-order chi connectivity index (χ0) is 19.8. The van der Waals surface area contributed by atoms with E-state index in [1.807, 2.05) is 36.4 Å². The fourth-order valence-electron chi connectivity index (χ4n) is 2.98. The minimum atomic E-state index is -0.342. The van der Waals surface area contributed by atoms with Gasteiger partial charge in [-0.25, -0.2) is 9.37 Å². The van der Waals surface area contributed by atoms with E-state index in [4.69, 9.17) is 4.52 Å². The van der Waals surface area contributed by atoms with E-state index >= 15 is 0 Å². The van der Waals surface area contributed by atoms with Crippen LogP contribution in [-0.4, -0.2) is 19.7 Å². The Morgan fingerprint density at radius 3 is 2.62 bits per heavy atom. The van der Waals surface area contributed by atoms with E-state index in [-0.39, 0.29) is 23.8 Å². The van der Waals surface area contributed by atoms with Crippen molar-refractivity contribution in [3.05, 3.63) is 89.0 Å². The third-order valence-corrected chi connectivity index (χ3v) is 5.59. The normalized spacial score (nSPS) is 11.2. The van der Waals surface area contributed by atoms with Crippen LogP contribution in [0.2, 0.25) is 0 Å². The number of rotatable bonds is 4. The molecule has 0 aliphatic heterocycles. The lowest BCUT2D eigenvalue weighted by molar-refractivity contribution is 0.420. The Morgan fingerprint density at radius 1 is 1.03 bits per heavy atom. The zero-order valence-corrected chi connectivity index (χ0v) is 15.8. The number of benzene rings is 2. The molecule has 0 spiro atoms. The van der Waals surface area contributed by atoms with Gasteiger partial charge in [-0.15, -0.1) is 11.3 Å². The molecule has 3 heterocycles. The minimum Gasteiger partial charge on any atom is -0.334 e. The van der Waals surface area contributed by atoms with Crippen LogP contribution in [0.5, 0.6) is 0 Å². The maximum Gasteiger partial charge on any atom is 0.271 e. The second-order valence-corrected chi connectivity index (χ2v) is 7.44. The summed E-state index contributed by atoms with van der Waals surface area (Å²) in [7, 11) is 0. The zero-order valence-electron chi connectivity index (χ0n) is 14.9. The smallest absolute Gasteiger partial charge is 0.271 e. The largest absolute Gasteiger partial charge is 0.334 e. The lowest BCUT2D eigenvalue weighted by atomic mass is 10.2. The summed E-state index contributed by atoms with van der Waals surface area (Å²) in [5.41, 5.74) is 2.16. The molecule has 3 aromatic heterocycles. The molecule has 2 aromatic carbocycles.